The average molecular weight is 454 g/mol. The number of hydrogen-bond acceptors (Lipinski definition) is 3. The molecule has 1 N–H and O–H groups in total. The van der Waals surface area contributed by atoms with Gasteiger partial charge in [-0.3, -0.25) is 4.79 Å². The highest BCUT2D eigenvalue weighted by Gasteiger charge is 2.33. The van der Waals surface area contributed by atoms with Gasteiger partial charge in [0.2, 0.25) is 11.9 Å². The summed E-state index contributed by atoms with van der Waals surface area (Å²) in [5, 5.41) is 7.67. The molecule has 2 aromatic heterocycles. The summed E-state index contributed by atoms with van der Waals surface area (Å²) in [5.74, 6) is 0.586. The molecule has 0 bridgehead atoms. The Bertz CT molecular complexity index is 1290. The van der Waals surface area contributed by atoms with E-state index in [-0.39, 0.29) is 24.1 Å². The van der Waals surface area contributed by atoms with Gasteiger partial charge in [-0.1, -0.05) is 18.2 Å². The molecule has 1 unspecified atom stereocenters. The van der Waals surface area contributed by atoms with Crippen molar-refractivity contribution in [3.63, 3.8) is 0 Å². The number of rotatable bonds is 2. The number of anilines is 1. The Labute approximate surface area is 174 Å². The number of amides is 1. The van der Waals surface area contributed by atoms with E-state index in [2.05, 4.69) is 21.2 Å². The molecule has 0 saturated heterocycles. The van der Waals surface area contributed by atoms with Gasteiger partial charge in [-0.2, -0.15) is 9.78 Å². The number of carbonyl (C=O) groups is 1. The number of benzene rings is 2. The maximum atomic E-state index is 13.7. The summed E-state index contributed by atoms with van der Waals surface area (Å²) in [6.45, 7) is 1.92. The molecule has 0 saturated carbocycles. The van der Waals surface area contributed by atoms with Crippen molar-refractivity contribution in [2.24, 2.45) is 7.05 Å². The molecule has 0 aliphatic carbocycles. The van der Waals surface area contributed by atoms with Gasteiger partial charge < -0.3 is 9.88 Å². The van der Waals surface area contributed by atoms with Crippen molar-refractivity contribution in [2.45, 2.75) is 19.3 Å². The molecular weight excluding hydrogens is 437 g/mol. The van der Waals surface area contributed by atoms with Crippen LogP contribution in [0.1, 0.15) is 29.2 Å². The zero-order chi connectivity index (χ0) is 20.3. The molecule has 0 spiro atoms. The van der Waals surface area contributed by atoms with E-state index < -0.39 is 0 Å². The molecule has 1 aliphatic rings. The van der Waals surface area contributed by atoms with Crippen LogP contribution >= 0.6 is 15.9 Å². The molecule has 1 amide bonds. The van der Waals surface area contributed by atoms with E-state index in [4.69, 9.17) is 10.1 Å². The smallest absolute Gasteiger partial charge is 0.233 e. The topological polar surface area (TPSA) is 64.7 Å². The summed E-state index contributed by atoms with van der Waals surface area (Å²) >= 11 is 3.25. The van der Waals surface area contributed by atoms with Crippen molar-refractivity contribution in [2.75, 3.05) is 5.32 Å². The molecule has 4 aromatic rings. The zero-order valence-corrected chi connectivity index (χ0v) is 17.4. The lowest BCUT2D eigenvalue weighted by atomic mass is 9.86. The second kappa shape index (κ2) is 6.52. The highest BCUT2D eigenvalue weighted by molar-refractivity contribution is 9.10. The molecule has 3 heterocycles. The third kappa shape index (κ3) is 2.78. The van der Waals surface area contributed by atoms with Crippen LogP contribution in [0, 0.1) is 12.7 Å². The number of hydrogen-bond donors (Lipinski definition) is 1. The van der Waals surface area contributed by atoms with Crippen molar-refractivity contribution in [3.8, 4) is 5.95 Å². The fraction of sp³-hybridized carbons (Fsp3) is 0.190. The lowest BCUT2D eigenvalue weighted by Gasteiger charge is -2.24. The van der Waals surface area contributed by atoms with Crippen LogP contribution in [-0.2, 0) is 11.8 Å². The first-order chi connectivity index (χ1) is 13.9. The maximum Gasteiger partial charge on any atom is 0.233 e. The van der Waals surface area contributed by atoms with Gasteiger partial charge in [-0.05, 0) is 52.7 Å². The predicted molar refractivity (Wildman–Crippen MR) is 112 cm³/mol. The number of halogens is 2. The average Bonchev–Trinajstić information content (AvgIpc) is 3.21. The first-order valence-electron chi connectivity index (χ1n) is 9.20. The largest absolute Gasteiger partial charge is 0.311 e. The fourth-order valence-electron chi connectivity index (χ4n) is 4.03. The second-order valence-electron chi connectivity index (χ2n) is 7.20. The lowest BCUT2D eigenvalue weighted by Crippen LogP contribution is -2.25. The number of imidazole rings is 1. The Hall–Kier alpha value is -3.00. The van der Waals surface area contributed by atoms with E-state index >= 15 is 0 Å². The number of nitrogens with one attached hydrogen (secondary N) is 1. The Balaban J connectivity index is 1.71. The quantitative estimate of drug-likeness (QED) is 0.487. The van der Waals surface area contributed by atoms with Crippen LogP contribution in [-0.4, -0.2) is 25.2 Å². The van der Waals surface area contributed by atoms with Crippen LogP contribution in [0.3, 0.4) is 0 Å². The molecule has 8 heteroatoms. The summed E-state index contributed by atoms with van der Waals surface area (Å²) in [7, 11) is 1.92. The number of para-hydroxylation sites is 2. The van der Waals surface area contributed by atoms with Gasteiger partial charge in [-0.25, -0.2) is 9.37 Å². The fourth-order valence-corrected chi connectivity index (χ4v) is 4.42. The molecule has 0 radical (unpaired) electrons. The molecule has 29 heavy (non-hydrogen) atoms. The van der Waals surface area contributed by atoms with Crippen LogP contribution < -0.4 is 5.32 Å². The summed E-state index contributed by atoms with van der Waals surface area (Å²) in [4.78, 5) is 17.3. The molecular formula is C21H17BrFN5O. The van der Waals surface area contributed by atoms with Crippen molar-refractivity contribution >= 4 is 38.7 Å². The summed E-state index contributed by atoms with van der Waals surface area (Å²) in [6, 6.07) is 12.7. The third-order valence-electron chi connectivity index (χ3n) is 5.40. The molecule has 5 rings (SSSR count). The molecule has 0 fully saturated rings. The molecule has 146 valence electrons. The first kappa shape index (κ1) is 18.1. The van der Waals surface area contributed by atoms with Gasteiger partial charge in [0.1, 0.15) is 11.6 Å². The lowest BCUT2D eigenvalue weighted by molar-refractivity contribution is -0.116. The van der Waals surface area contributed by atoms with E-state index in [1.165, 1.54) is 6.07 Å². The number of aromatic nitrogens is 4. The molecule has 6 nitrogen and oxygen atoms in total. The van der Waals surface area contributed by atoms with Gasteiger partial charge in [0.05, 0.1) is 21.2 Å². The van der Waals surface area contributed by atoms with Crippen molar-refractivity contribution < 1.29 is 9.18 Å². The molecule has 1 aliphatic heterocycles. The normalized spacial score (nSPS) is 16.1. The van der Waals surface area contributed by atoms with E-state index in [9.17, 15) is 9.18 Å². The standard InChI is InChI=1S/C21H17BrFN5O/c1-11-19-13(12-7-8-15(23)14(22)9-12)10-18(29)25-20(19)28(26-11)21-24-16-5-3-4-6-17(16)27(21)2/h3-9,13H,10H2,1-2H3,(H,25,29). The summed E-state index contributed by atoms with van der Waals surface area (Å²) in [5.41, 5.74) is 4.42. The Morgan fingerprint density at radius 3 is 2.79 bits per heavy atom. The van der Waals surface area contributed by atoms with Crippen molar-refractivity contribution in [1.82, 2.24) is 19.3 Å². The molecule has 2 aromatic carbocycles. The van der Waals surface area contributed by atoms with Crippen LogP contribution in [0.25, 0.3) is 17.0 Å². The summed E-state index contributed by atoms with van der Waals surface area (Å²) < 4.78 is 17.8. The minimum atomic E-state index is -0.332. The first-order valence-corrected chi connectivity index (χ1v) is 9.99. The van der Waals surface area contributed by atoms with E-state index in [1.807, 2.05) is 42.8 Å². The monoisotopic (exact) mass is 453 g/mol. The number of carbonyl (C=O) groups excluding carboxylic acids is 1. The van der Waals surface area contributed by atoms with Crippen LogP contribution in [0.15, 0.2) is 46.9 Å². The van der Waals surface area contributed by atoms with Crippen molar-refractivity contribution in [3.05, 3.63) is 69.6 Å². The van der Waals surface area contributed by atoms with Gasteiger partial charge >= 0.3 is 0 Å². The minimum absolute atomic E-state index is 0.108. The molecule has 1 atom stereocenters. The highest BCUT2D eigenvalue weighted by atomic mass is 79.9. The predicted octanol–water partition coefficient (Wildman–Crippen LogP) is 4.44. The highest BCUT2D eigenvalue weighted by Crippen LogP contribution is 2.41. The Morgan fingerprint density at radius 2 is 2.03 bits per heavy atom. The van der Waals surface area contributed by atoms with Gasteiger partial charge in [0, 0.05) is 24.9 Å². The maximum absolute atomic E-state index is 13.7. The van der Waals surface area contributed by atoms with Crippen LogP contribution in [0.4, 0.5) is 10.2 Å². The van der Waals surface area contributed by atoms with Crippen LogP contribution in [0.2, 0.25) is 0 Å². The van der Waals surface area contributed by atoms with E-state index in [1.54, 1.807) is 16.8 Å². The van der Waals surface area contributed by atoms with E-state index in [0.29, 0.717) is 16.2 Å². The SMILES string of the molecule is Cc1nn(-c2nc3ccccc3n2C)c2c1C(c1ccc(F)c(Br)c1)CC(=O)N2. The van der Waals surface area contributed by atoms with Gasteiger partial charge in [0.25, 0.3) is 0 Å². The second-order valence-corrected chi connectivity index (χ2v) is 8.05. The zero-order valence-electron chi connectivity index (χ0n) is 15.8. The number of fused-ring (bicyclic) bond motifs is 2. The van der Waals surface area contributed by atoms with Crippen molar-refractivity contribution in [1.29, 1.82) is 0 Å². The number of aryl methyl sites for hydroxylation is 2. The Morgan fingerprint density at radius 1 is 1.24 bits per heavy atom. The summed E-state index contributed by atoms with van der Waals surface area (Å²) in [6.07, 6.45) is 0.278. The Kier molecular flexibility index (Phi) is 4.06. The third-order valence-corrected chi connectivity index (χ3v) is 6.01. The minimum Gasteiger partial charge on any atom is -0.311 e. The van der Waals surface area contributed by atoms with Crippen LogP contribution in [0.5, 0.6) is 0 Å². The van der Waals surface area contributed by atoms with Gasteiger partial charge in [0.15, 0.2) is 0 Å². The van der Waals surface area contributed by atoms with Gasteiger partial charge in [-0.15, -0.1) is 0 Å². The van der Waals surface area contributed by atoms with E-state index in [0.717, 1.165) is 27.9 Å². The number of nitrogens with zero attached hydrogens (tertiary/aromatic N) is 4.